The van der Waals surface area contributed by atoms with Crippen LogP contribution in [0.2, 0.25) is 0 Å². The predicted octanol–water partition coefficient (Wildman–Crippen LogP) is 5.46. The van der Waals surface area contributed by atoms with Crippen molar-refractivity contribution in [3.63, 3.8) is 0 Å². The highest BCUT2D eigenvalue weighted by Gasteiger charge is 2.36. The van der Waals surface area contributed by atoms with Crippen molar-refractivity contribution in [1.29, 1.82) is 0 Å². The summed E-state index contributed by atoms with van der Waals surface area (Å²) in [5.41, 5.74) is 4.86. The lowest BCUT2D eigenvalue weighted by Crippen LogP contribution is -2.33. The van der Waals surface area contributed by atoms with Gasteiger partial charge in [0, 0.05) is 5.56 Å². The number of carboxylic acid groups (broad SMARTS) is 1. The van der Waals surface area contributed by atoms with Crippen molar-refractivity contribution in [3.05, 3.63) is 64.7 Å². The predicted molar refractivity (Wildman–Crippen MR) is 108 cm³/mol. The molecule has 0 saturated heterocycles. The number of fused-ring (bicyclic) bond motifs is 1. The fourth-order valence-corrected chi connectivity index (χ4v) is 3.75. The quantitative estimate of drug-likeness (QED) is 0.580. The van der Waals surface area contributed by atoms with Crippen LogP contribution in [0.4, 0.5) is 5.69 Å². The zero-order valence-electron chi connectivity index (χ0n) is 16.7. The fraction of sp³-hybridized carbons (Fsp3) is 0.391. The number of benzene rings is 2. The Morgan fingerprint density at radius 3 is 2.04 bits per heavy atom. The van der Waals surface area contributed by atoms with Crippen LogP contribution in [0.1, 0.15) is 67.6 Å². The molecule has 0 amide bonds. The first-order valence-corrected chi connectivity index (χ1v) is 9.25. The lowest BCUT2D eigenvalue weighted by molar-refractivity contribution is 0.0697. The number of aromatic carboxylic acids is 1. The van der Waals surface area contributed by atoms with E-state index in [0.29, 0.717) is 5.90 Å². The van der Waals surface area contributed by atoms with E-state index in [1.165, 1.54) is 17.5 Å². The summed E-state index contributed by atoms with van der Waals surface area (Å²) in [4.78, 5) is 15.7. The van der Waals surface area contributed by atoms with E-state index < -0.39 is 5.97 Å². The molecule has 27 heavy (non-hydrogen) atoms. The largest absolute Gasteiger partial charge is 0.481 e. The van der Waals surface area contributed by atoms with Gasteiger partial charge in [-0.25, -0.2) is 9.79 Å². The summed E-state index contributed by atoms with van der Waals surface area (Å²) in [7, 11) is 1.58. The van der Waals surface area contributed by atoms with Gasteiger partial charge in [0.2, 0.25) is 5.90 Å². The third-order valence-corrected chi connectivity index (χ3v) is 5.64. The zero-order valence-corrected chi connectivity index (χ0v) is 16.7. The number of methoxy groups -OCH3 is 1. The van der Waals surface area contributed by atoms with Crippen molar-refractivity contribution in [3.8, 4) is 0 Å². The van der Waals surface area contributed by atoms with Crippen molar-refractivity contribution in [1.82, 2.24) is 0 Å². The summed E-state index contributed by atoms with van der Waals surface area (Å²) in [6.07, 6.45) is 2.32. The van der Waals surface area contributed by atoms with E-state index in [1.807, 2.05) is 6.07 Å². The molecule has 1 aliphatic carbocycles. The maximum atomic E-state index is 11.0. The Kier molecular flexibility index (Phi) is 4.85. The Hall–Kier alpha value is -2.62. The monoisotopic (exact) mass is 365 g/mol. The number of nitrogens with zero attached hydrogens (tertiary/aromatic N) is 1. The molecule has 0 saturated carbocycles. The summed E-state index contributed by atoms with van der Waals surface area (Å²) in [6.45, 7) is 9.18. The SMILES string of the molecule is COC(=Nc1ccc2c(c1)C(C)(C)CCC2(C)C)c1ccc(C(=O)O)cc1. The van der Waals surface area contributed by atoms with Gasteiger partial charge in [-0.3, -0.25) is 0 Å². The smallest absolute Gasteiger partial charge is 0.335 e. The molecule has 4 nitrogen and oxygen atoms in total. The lowest BCUT2D eigenvalue weighted by Gasteiger charge is -2.41. The number of ether oxygens (including phenoxy) is 1. The van der Waals surface area contributed by atoms with E-state index in [9.17, 15) is 4.79 Å². The van der Waals surface area contributed by atoms with Crippen LogP contribution < -0.4 is 0 Å². The Bertz CT molecular complexity index is 892. The molecule has 0 atom stereocenters. The molecular formula is C23H27NO3. The molecule has 0 fully saturated rings. The van der Waals surface area contributed by atoms with Crippen molar-refractivity contribution < 1.29 is 14.6 Å². The van der Waals surface area contributed by atoms with E-state index in [-0.39, 0.29) is 16.4 Å². The van der Waals surface area contributed by atoms with Gasteiger partial charge in [-0.15, -0.1) is 0 Å². The van der Waals surface area contributed by atoms with Gasteiger partial charge in [0.25, 0.3) is 0 Å². The standard InChI is InChI=1S/C23H27NO3/c1-22(2)12-13-23(3,4)19-14-17(10-11-18(19)22)24-20(27-5)15-6-8-16(9-7-15)21(25)26/h6-11,14H,12-13H2,1-5H3,(H,25,26). The van der Waals surface area contributed by atoms with Crippen LogP contribution in [-0.4, -0.2) is 24.1 Å². The Morgan fingerprint density at radius 2 is 1.48 bits per heavy atom. The van der Waals surface area contributed by atoms with Gasteiger partial charge < -0.3 is 9.84 Å². The first-order valence-electron chi connectivity index (χ1n) is 9.25. The first kappa shape index (κ1) is 19.2. The third kappa shape index (κ3) is 3.75. The number of hydrogen-bond acceptors (Lipinski definition) is 3. The van der Waals surface area contributed by atoms with Crippen molar-refractivity contribution in [2.45, 2.75) is 51.4 Å². The van der Waals surface area contributed by atoms with Crippen LogP contribution in [0.15, 0.2) is 47.5 Å². The molecule has 2 aromatic rings. The summed E-state index contributed by atoms with van der Waals surface area (Å²) in [5.74, 6) is -0.475. The van der Waals surface area contributed by atoms with Crippen molar-refractivity contribution in [2.75, 3.05) is 7.11 Å². The number of rotatable bonds is 3. The number of carboxylic acids is 1. The molecule has 0 spiro atoms. The highest BCUT2D eigenvalue weighted by atomic mass is 16.5. The van der Waals surface area contributed by atoms with Crippen LogP contribution in [0, 0.1) is 0 Å². The maximum absolute atomic E-state index is 11.0. The van der Waals surface area contributed by atoms with Crippen LogP contribution in [-0.2, 0) is 15.6 Å². The first-order chi connectivity index (χ1) is 12.6. The minimum Gasteiger partial charge on any atom is -0.481 e. The third-order valence-electron chi connectivity index (χ3n) is 5.64. The van der Waals surface area contributed by atoms with E-state index >= 15 is 0 Å². The number of carbonyl (C=O) groups is 1. The molecule has 142 valence electrons. The summed E-state index contributed by atoms with van der Waals surface area (Å²) >= 11 is 0. The van der Waals surface area contributed by atoms with Gasteiger partial charge in [0.15, 0.2) is 0 Å². The molecule has 0 heterocycles. The topological polar surface area (TPSA) is 58.9 Å². The second-order valence-electron chi connectivity index (χ2n) is 8.50. The average molecular weight is 365 g/mol. The molecule has 0 aromatic heterocycles. The minimum absolute atomic E-state index is 0.118. The fourth-order valence-electron chi connectivity index (χ4n) is 3.75. The van der Waals surface area contributed by atoms with Crippen LogP contribution >= 0.6 is 0 Å². The lowest BCUT2D eigenvalue weighted by atomic mass is 9.63. The van der Waals surface area contributed by atoms with E-state index in [4.69, 9.17) is 14.8 Å². The van der Waals surface area contributed by atoms with Crippen LogP contribution in [0.3, 0.4) is 0 Å². The molecule has 2 aromatic carbocycles. The summed E-state index contributed by atoms with van der Waals surface area (Å²) < 4.78 is 5.48. The van der Waals surface area contributed by atoms with Gasteiger partial charge in [0.05, 0.1) is 18.4 Å². The molecule has 0 bridgehead atoms. The van der Waals surface area contributed by atoms with Crippen LogP contribution in [0.25, 0.3) is 0 Å². The van der Waals surface area contributed by atoms with Crippen molar-refractivity contribution in [2.24, 2.45) is 4.99 Å². The van der Waals surface area contributed by atoms with Gasteiger partial charge >= 0.3 is 5.97 Å². The molecule has 0 aliphatic heterocycles. The van der Waals surface area contributed by atoms with Crippen LogP contribution in [0.5, 0.6) is 0 Å². The molecular weight excluding hydrogens is 338 g/mol. The summed E-state index contributed by atoms with van der Waals surface area (Å²) in [5, 5.41) is 9.05. The molecule has 4 heteroatoms. The highest BCUT2D eigenvalue weighted by Crippen LogP contribution is 2.46. The second-order valence-corrected chi connectivity index (χ2v) is 8.50. The maximum Gasteiger partial charge on any atom is 0.335 e. The Balaban J connectivity index is 2.01. The van der Waals surface area contributed by atoms with Crippen molar-refractivity contribution >= 4 is 17.6 Å². The normalized spacial score (nSPS) is 17.9. The van der Waals surface area contributed by atoms with E-state index in [1.54, 1.807) is 31.4 Å². The summed E-state index contributed by atoms with van der Waals surface area (Å²) in [6, 6.07) is 13.0. The number of hydrogen-bond donors (Lipinski definition) is 1. The van der Waals surface area contributed by atoms with Gasteiger partial charge in [-0.1, -0.05) is 33.8 Å². The van der Waals surface area contributed by atoms with E-state index in [2.05, 4.69) is 39.8 Å². The second kappa shape index (κ2) is 6.84. The Labute approximate surface area is 160 Å². The minimum atomic E-state index is -0.947. The van der Waals surface area contributed by atoms with Gasteiger partial charge in [-0.2, -0.15) is 0 Å². The molecule has 0 radical (unpaired) electrons. The van der Waals surface area contributed by atoms with E-state index in [0.717, 1.165) is 17.7 Å². The van der Waals surface area contributed by atoms with Gasteiger partial charge in [-0.05, 0) is 71.2 Å². The molecule has 1 N–H and O–H groups in total. The van der Waals surface area contributed by atoms with Gasteiger partial charge in [0.1, 0.15) is 0 Å². The molecule has 0 unspecified atom stereocenters. The highest BCUT2D eigenvalue weighted by molar-refractivity contribution is 5.97. The number of aliphatic imine (C=N–C) groups is 1. The Morgan fingerprint density at radius 1 is 0.926 bits per heavy atom. The average Bonchev–Trinajstić information content (AvgIpc) is 2.63. The molecule has 3 rings (SSSR count). The zero-order chi connectivity index (χ0) is 19.8. The molecule has 1 aliphatic rings.